The van der Waals surface area contributed by atoms with Crippen LogP contribution in [-0.4, -0.2) is 64.7 Å². The molecule has 0 saturated carbocycles. The summed E-state index contributed by atoms with van der Waals surface area (Å²) < 4.78 is 21.3. The Morgan fingerprint density at radius 2 is 1.88 bits per heavy atom. The molecule has 6 rings (SSSR count). The number of likely N-dealkylation sites (N-methyl/N-ethyl adjacent to an activating group) is 1. The molecule has 0 bridgehead atoms. The van der Waals surface area contributed by atoms with E-state index in [2.05, 4.69) is 23.8 Å². The number of aromatic hydroxyl groups is 1. The van der Waals surface area contributed by atoms with Crippen LogP contribution in [-0.2, 0) is 13.0 Å². The summed E-state index contributed by atoms with van der Waals surface area (Å²) in [4.78, 5) is 29.9. The number of anilines is 2. The first-order valence-electron chi connectivity index (χ1n) is 14.6. The Hall–Kier alpha value is -3.46. The van der Waals surface area contributed by atoms with Crippen molar-refractivity contribution in [3.05, 3.63) is 46.9 Å². The highest BCUT2D eigenvalue weighted by Gasteiger charge is 2.38. The van der Waals surface area contributed by atoms with Gasteiger partial charge in [0.1, 0.15) is 29.1 Å². The quantitative estimate of drug-likeness (QED) is 0.440. The highest BCUT2D eigenvalue weighted by molar-refractivity contribution is 6.16. The van der Waals surface area contributed by atoms with E-state index in [1.807, 2.05) is 6.92 Å². The van der Waals surface area contributed by atoms with E-state index >= 15 is 0 Å². The van der Waals surface area contributed by atoms with Crippen LogP contribution >= 0.6 is 0 Å². The lowest BCUT2D eigenvalue weighted by Gasteiger charge is -2.27. The Kier molecular flexibility index (Phi) is 7.25. The lowest BCUT2D eigenvalue weighted by atomic mass is 9.99. The molecule has 0 unspecified atom stereocenters. The van der Waals surface area contributed by atoms with E-state index in [4.69, 9.17) is 14.7 Å². The number of carbonyl (C=O) groups is 1. The van der Waals surface area contributed by atoms with Gasteiger partial charge in [-0.1, -0.05) is 25.8 Å². The van der Waals surface area contributed by atoms with Crippen LogP contribution in [0.4, 0.5) is 15.9 Å². The molecule has 9 heteroatoms. The lowest BCUT2D eigenvalue weighted by Crippen LogP contribution is -2.38. The number of benzene rings is 2. The minimum atomic E-state index is -0.322. The van der Waals surface area contributed by atoms with Gasteiger partial charge in [0.2, 0.25) is 0 Å². The van der Waals surface area contributed by atoms with Crippen molar-refractivity contribution < 1.29 is 19.0 Å². The largest absolute Gasteiger partial charge is 0.508 e. The molecule has 2 atom stereocenters. The summed E-state index contributed by atoms with van der Waals surface area (Å²) in [6.45, 7) is 6.83. The molecule has 40 heavy (non-hydrogen) atoms. The third kappa shape index (κ3) is 4.74. The predicted molar refractivity (Wildman–Crippen MR) is 154 cm³/mol. The van der Waals surface area contributed by atoms with Crippen LogP contribution in [0.5, 0.6) is 11.8 Å². The topological polar surface area (TPSA) is 82.0 Å². The van der Waals surface area contributed by atoms with Crippen LogP contribution in [0.3, 0.4) is 0 Å². The van der Waals surface area contributed by atoms with Crippen LogP contribution in [0.2, 0.25) is 0 Å². The normalized spacial score (nSPS) is 20.7. The second kappa shape index (κ2) is 10.8. The van der Waals surface area contributed by atoms with Crippen molar-refractivity contribution in [2.75, 3.05) is 36.5 Å². The molecule has 0 aliphatic carbocycles. The maximum atomic E-state index is 14.9. The number of fused-ring (bicyclic) bond motifs is 2. The molecule has 0 radical (unpaired) electrons. The number of aryl methyl sites for hydroxylation is 1. The number of aromatic nitrogens is 2. The number of halogens is 1. The van der Waals surface area contributed by atoms with Crippen molar-refractivity contribution in [1.29, 1.82) is 0 Å². The zero-order valence-corrected chi connectivity index (χ0v) is 23.6. The molecule has 3 aliphatic rings. The number of likely N-dealkylation sites (tertiary alicyclic amines) is 1. The second-order valence-corrected chi connectivity index (χ2v) is 11.4. The zero-order chi connectivity index (χ0) is 28.0. The molecule has 1 N–H and O–H groups in total. The van der Waals surface area contributed by atoms with Gasteiger partial charge in [-0.3, -0.25) is 9.69 Å². The van der Waals surface area contributed by atoms with Crippen molar-refractivity contribution in [3.8, 4) is 11.8 Å². The first-order valence-corrected chi connectivity index (χ1v) is 14.6. The number of rotatable bonds is 6. The molecular weight excluding hydrogens is 509 g/mol. The van der Waals surface area contributed by atoms with Crippen molar-refractivity contribution in [1.82, 2.24) is 14.9 Å². The van der Waals surface area contributed by atoms with Crippen molar-refractivity contribution in [2.24, 2.45) is 0 Å². The number of amides is 1. The Balaban J connectivity index is 1.44. The van der Waals surface area contributed by atoms with E-state index in [9.17, 15) is 14.3 Å². The summed E-state index contributed by atoms with van der Waals surface area (Å²) in [5.41, 5.74) is 2.09. The number of phenols is 1. The van der Waals surface area contributed by atoms with Gasteiger partial charge in [0.15, 0.2) is 0 Å². The standard InChI is InChI=1S/C31H38FN5O3/c1-4-22-23(32)12-11-20-16-21(38)17-26(27(20)22)37-18-24-28(30(37)39)29(36-14-7-5-6-8-15-36)34-31(33-24)40-19(2)25-10-9-13-35(25)3/h11-12,16-17,19,25,38H,4-10,13-15,18H2,1-3H3/t19-,25-/m0/s1. The number of hydrogen-bond donors (Lipinski definition) is 1. The van der Waals surface area contributed by atoms with Gasteiger partial charge in [-0.25, -0.2) is 4.39 Å². The van der Waals surface area contributed by atoms with Crippen molar-refractivity contribution in [2.45, 2.75) is 77.5 Å². The van der Waals surface area contributed by atoms with Gasteiger partial charge < -0.3 is 19.6 Å². The molecule has 212 valence electrons. The van der Waals surface area contributed by atoms with Crippen LogP contribution < -0.4 is 14.5 Å². The fourth-order valence-electron chi connectivity index (χ4n) is 6.73. The van der Waals surface area contributed by atoms with Gasteiger partial charge in [-0.15, -0.1) is 0 Å². The fourth-order valence-corrected chi connectivity index (χ4v) is 6.73. The molecule has 1 aromatic heterocycles. The van der Waals surface area contributed by atoms with Crippen molar-refractivity contribution in [3.63, 3.8) is 0 Å². The summed E-state index contributed by atoms with van der Waals surface area (Å²) in [7, 11) is 2.12. The van der Waals surface area contributed by atoms with Gasteiger partial charge in [0, 0.05) is 30.6 Å². The zero-order valence-electron chi connectivity index (χ0n) is 23.6. The second-order valence-electron chi connectivity index (χ2n) is 11.4. The van der Waals surface area contributed by atoms with Crippen molar-refractivity contribution >= 4 is 28.2 Å². The molecule has 1 amide bonds. The number of nitrogens with zero attached hydrogens (tertiary/aromatic N) is 5. The van der Waals surface area contributed by atoms with Gasteiger partial charge in [-0.2, -0.15) is 9.97 Å². The first kappa shape index (κ1) is 26.7. The average molecular weight is 548 g/mol. The van der Waals surface area contributed by atoms with E-state index in [0.29, 0.717) is 51.5 Å². The molecule has 2 fully saturated rings. The monoisotopic (exact) mass is 547 g/mol. The van der Waals surface area contributed by atoms with Gasteiger partial charge >= 0.3 is 6.01 Å². The third-order valence-electron chi connectivity index (χ3n) is 8.80. The Labute approximate surface area is 234 Å². The fraction of sp³-hybridized carbons (Fsp3) is 0.516. The smallest absolute Gasteiger partial charge is 0.319 e. The third-order valence-corrected chi connectivity index (χ3v) is 8.80. The number of ether oxygens (including phenoxy) is 1. The highest BCUT2D eigenvalue weighted by Crippen LogP contribution is 2.41. The molecule has 4 heterocycles. The maximum Gasteiger partial charge on any atom is 0.319 e. The summed E-state index contributed by atoms with van der Waals surface area (Å²) in [5.74, 6) is 0.0882. The van der Waals surface area contributed by atoms with E-state index in [1.165, 1.54) is 6.07 Å². The Morgan fingerprint density at radius 3 is 2.58 bits per heavy atom. The van der Waals surface area contributed by atoms with Crippen LogP contribution in [0.15, 0.2) is 24.3 Å². The molecule has 3 aliphatic heterocycles. The van der Waals surface area contributed by atoms with Gasteiger partial charge in [0.05, 0.1) is 17.9 Å². The molecule has 2 aromatic carbocycles. The maximum absolute atomic E-state index is 14.9. The van der Waals surface area contributed by atoms with E-state index in [0.717, 1.165) is 58.2 Å². The number of hydrogen-bond acceptors (Lipinski definition) is 7. The van der Waals surface area contributed by atoms with E-state index < -0.39 is 0 Å². The lowest BCUT2D eigenvalue weighted by molar-refractivity contribution is 0.0996. The molecule has 0 spiro atoms. The summed E-state index contributed by atoms with van der Waals surface area (Å²) >= 11 is 0. The summed E-state index contributed by atoms with van der Waals surface area (Å²) in [6, 6.07) is 6.82. The van der Waals surface area contributed by atoms with Crippen LogP contribution in [0.1, 0.15) is 74.0 Å². The Bertz CT molecular complexity index is 1440. The molecule has 2 saturated heterocycles. The number of phenolic OH excluding ortho intramolecular Hbond substituents is 1. The minimum absolute atomic E-state index is 0.0253. The van der Waals surface area contributed by atoms with E-state index in [-0.39, 0.29) is 36.2 Å². The predicted octanol–water partition coefficient (Wildman–Crippen LogP) is 5.44. The van der Waals surface area contributed by atoms with Crippen LogP contribution in [0.25, 0.3) is 10.8 Å². The number of carbonyl (C=O) groups excluding carboxylic acids is 1. The molecular formula is C31H38FN5O3. The van der Waals surface area contributed by atoms with Gasteiger partial charge in [0.25, 0.3) is 5.91 Å². The van der Waals surface area contributed by atoms with Crippen LogP contribution in [0, 0.1) is 5.82 Å². The Morgan fingerprint density at radius 1 is 1.10 bits per heavy atom. The minimum Gasteiger partial charge on any atom is -0.508 e. The first-order chi connectivity index (χ1) is 19.4. The van der Waals surface area contributed by atoms with Gasteiger partial charge in [-0.05, 0) is 75.7 Å². The molecule has 3 aromatic rings. The summed E-state index contributed by atoms with van der Waals surface area (Å²) in [5, 5.41) is 11.9. The highest BCUT2D eigenvalue weighted by atomic mass is 19.1. The summed E-state index contributed by atoms with van der Waals surface area (Å²) in [6.07, 6.45) is 6.94. The van der Waals surface area contributed by atoms with E-state index in [1.54, 1.807) is 23.1 Å². The SMILES string of the molecule is CCc1c(F)ccc2cc(O)cc(N3Cc4nc(O[C@@H](C)[C@@H]5CCCN5C)nc(N5CCCCCC5)c4C3=O)c12. The average Bonchev–Trinajstić information content (AvgIpc) is 3.39. The molecule has 8 nitrogen and oxygen atoms in total.